The maximum atomic E-state index is 10.5. The summed E-state index contributed by atoms with van der Waals surface area (Å²) in [5, 5.41) is 19.0. The summed E-state index contributed by atoms with van der Waals surface area (Å²) in [5.41, 5.74) is 1.28. The minimum absolute atomic E-state index is 0.203. The molecule has 0 unspecified atom stereocenters. The number of hydrogen-bond donors (Lipinski definition) is 2. The maximum Gasteiger partial charge on any atom is 0.303 e. The number of rotatable bonds is 9. The second-order valence-corrected chi connectivity index (χ2v) is 6.73. The molecule has 0 radical (unpaired) electrons. The van der Waals surface area contributed by atoms with Gasteiger partial charge in [-0.3, -0.25) is 9.69 Å². The third-order valence-corrected chi connectivity index (χ3v) is 5.02. The van der Waals surface area contributed by atoms with Gasteiger partial charge in [0.2, 0.25) is 0 Å². The van der Waals surface area contributed by atoms with Crippen LogP contribution in [0.3, 0.4) is 0 Å². The Morgan fingerprint density at radius 3 is 2.57 bits per heavy atom. The van der Waals surface area contributed by atoms with Crippen LogP contribution in [0.4, 0.5) is 0 Å². The van der Waals surface area contributed by atoms with Gasteiger partial charge in [-0.1, -0.05) is 49.6 Å². The lowest BCUT2D eigenvalue weighted by Gasteiger charge is -2.26. The first-order valence-corrected chi connectivity index (χ1v) is 8.73. The molecule has 3 atom stereocenters. The molecule has 23 heavy (non-hydrogen) atoms. The average Bonchev–Trinajstić information content (AvgIpc) is 2.79. The summed E-state index contributed by atoms with van der Waals surface area (Å²) in [6.07, 6.45) is 6.81. The maximum absolute atomic E-state index is 10.5. The Morgan fingerprint density at radius 1 is 1.17 bits per heavy atom. The lowest BCUT2D eigenvalue weighted by atomic mass is 10.0. The first-order chi connectivity index (χ1) is 11.1. The first-order valence-electron chi connectivity index (χ1n) is 8.73. The van der Waals surface area contributed by atoms with Crippen LogP contribution in [0.1, 0.15) is 50.5 Å². The molecule has 1 saturated heterocycles. The van der Waals surface area contributed by atoms with Crippen LogP contribution in [0.25, 0.3) is 0 Å². The standard InChI is InChI=1S/C19H29NO3/c1-20-16(11-7-2-3-8-12-19(22)23)14-18(21)17(20)13-15-9-5-4-6-10-15/h4-6,9-10,16-18,21H,2-3,7-8,11-14H2,1H3,(H,22,23)/t16-,17+,18+/m1/s1. The Labute approximate surface area is 139 Å². The van der Waals surface area contributed by atoms with Gasteiger partial charge in [-0.25, -0.2) is 0 Å². The molecule has 2 rings (SSSR count). The van der Waals surface area contributed by atoms with E-state index in [1.54, 1.807) is 0 Å². The summed E-state index contributed by atoms with van der Waals surface area (Å²) in [6, 6.07) is 11.0. The van der Waals surface area contributed by atoms with Gasteiger partial charge in [0.1, 0.15) is 0 Å². The van der Waals surface area contributed by atoms with Crippen LogP contribution in [0.5, 0.6) is 0 Å². The van der Waals surface area contributed by atoms with E-state index in [4.69, 9.17) is 5.11 Å². The number of likely N-dealkylation sites (tertiary alicyclic amines) is 1. The summed E-state index contributed by atoms with van der Waals surface area (Å²) in [4.78, 5) is 12.8. The molecule has 0 saturated carbocycles. The Balaban J connectivity index is 1.71. The fraction of sp³-hybridized carbons (Fsp3) is 0.632. The molecule has 0 spiro atoms. The smallest absolute Gasteiger partial charge is 0.303 e. The van der Waals surface area contributed by atoms with E-state index in [-0.39, 0.29) is 18.6 Å². The number of benzene rings is 1. The second kappa shape index (κ2) is 9.04. The van der Waals surface area contributed by atoms with Crippen LogP contribution in [0, 0.1) is 0 Å². The van der Waals surface area contributed by atoms with Crippen molar-refractivity contribution in [1.29, 1.82) is 0 Å². The van der Waals surface area contributed by atoms with Crippen molar-refractivity contribution in [3.63, 3.8) is 0 Å². The fourth-order valence-electron chi connectivity index (χ4n) is 3.61. The van der Waals surface area contributed by atoms with Crippen molar-refractivity contribution in [2.75, 3.05) is 7.05 Å². The van der Waals surface area contributed by atoms with E-state index >= 15 is 0 Å². The van der Waals surface area contributed by atoms with Crippen LogP contribution in [0.15, 0.2) is 30.3 Å². The molecule has 0 aliphatic carbocycles. The number of aliphatic hydroxyl groups excluding tert-OH is 1. The van der Waals surface area contributed by atoms with Crippen LogP contribution < -0.4 is 0 Å². The van der Waals surface area contributed by atoms with E-state index in [2.05, 4.69) is 24.1 Å². The van der Waals surface area contributed by atoms with Crippen LogP contribution in [0.2, 0.25) is 0 Å². The Bertz CT molecular complexity index is 477. The molecule has 1 heterocycles. The minimum Gasteiger partial charge on any atom is -0.481 e. The monoisotopic (exact) mass is 319 g/mol. The summed E-state index contributed by atoms with van der Waals surface area (Å²) in [7, 11) is 2.12. The highest BCUT2D eigenvalue weighted by atomic mass is 16.4. The average molecular weight is 319 g/mol. The van der Waals surface area contributed by atoms with Gasteiger partial charge in [-0.15, -0.1) is 0 Å². The molecular formula is C19H29NO3. The highest BCUT2D eigenvalue weighted by Gasteiger charge is 2.37. The van der Waals surface area contributed by atoms with Gasteiger partial charge in [0.25, 0.3) is 0 Å². The third kappa shape index (κ3) is 5.63. The molecule has 4 nitrogen and oxygen atoms in total. The zero-order valence-corrected chi connectivity index (χ0v) is 14.0. The summed E-state index contributed by atoms with van der Waals surface area (Å²) < 4.78 is 0. The second-order valence-electron chi connectivity index (χ2n) is 6.73. The summed E-state index contributed by atoms with van der Waals surface area (Å²) >= 11 is 0. The number of nitrogens with zero attached hydrogens (tertiary/aromatic N) is 1. The molecule has 4 heteroatoms. The largest absolute Gasteiger partial charge is 0.481 e. The van der Waals surface area contributed by atoms with Crippen molar-refractivity contribution < 1.29 is 15.0 Å². The number of carboxylic acids is 1. The van der Waals surface area contributed by atoms with Crippen LogP contribution in [-0.2, 0) is 11.2 Å². The SMILES string of the molecule is CN1[C@H](CCCCCCC(=O)O)C[C@H](O)[C@@H]1Cc1ccccc1. The number of carboxylic acid groups (broad SMARTS) is 1. The van der Waals surface area contributed by atoms with Gasteiger partial charge in [-0.2, -0.15) is 0 Å². The van der Waals surface area contributed by atoms with Crippen LogP contribution in [-0.4, -0.2) is 46.3 Å². The van der Waals surface area contributed by atoms with E-state index in [1.165, 1.54) is 5.56 Å². The number of carbonyl (C=O) groups is 1. The predicted molar refractivity (Wildman–Crippen MR) is 91.4 cm³/mol. The molecule has 2 N–H and O–H groups in total. The van der Waals surface area contributed by atoms with E-state index in [0.717, 1.165) is 44.9 Å². The van der Waals surface area contributed by atoms with Gasteiger partial charge in [0.15, 0.2) is 0 Å². The van der Waals surface area contributed by atoms with Gasteiger partial charge in [0.05, 0.1) is 6.10 Å². The van der Waals surface area contributed by atoms with E-state index in [0.29, 0.717) is 6.04 Å². The van der Waals surface area contributed by atoms with Crippen molar-refractivity contribution in [2.24, 2.45) is 0 Å². The van der Waals surface area contributed by atoms with Gasteiger partial charge in [0, 0.05) is 18.5 Å². The summed E-state index contributed by atoms with van der Waals surface area (Å²) in [5.74, 6) is -0.701. The lowest BCUT2D eigenvalue weighted by molar-refractivity contribution is -0.137. The number of likely N-dealkylation sites (N-methyl/N-ethyl adjacent to an activating group) is 1. The quantitative estimate of drug-likeness (QED) is 0.687. The number of unbranched alkanes of at least 4 members (excludes halogenated alkanes) is 3. The van der Waals surface area contributed by atoms with Crippen molar-refractivity contribution >= 4 is 5.97 Å². The highest BCUT2D eigenvalue weighted by Crippen LogP contribution is 2.29. The van der Waals surface area contributed by atoms with E-state index < -0.39 is 5.97 Å². The topological polar surface area (TPSA) is 60.8 Å². The van der Waals surface area contributed by atoms with Gasteiger partial charge < -0.3 is 10.2 Å². The zero-order valence-electron chi connectivity index (χ0n) is 14.0. The van der Waals surface area contributed by atoms with E-state index in [9.17, 15) is 9.90 Å². The van der Waals surface area contributed by atoms with E-state index in [1.807, 2.05) is 18.2 Å². The first kappa shape index (κ1) is 18.0. The number of hydrogen-bond acceptors (Lipinski definition) is 3. The third-order valence-electron chi connectivity index (χ3n) is 5.02. The molecule has 1 aliphatic heterocycles. The van der Waals surface area contributed by atoms with Crippen molar-refractivity contribution in [1.82, 2.24) is 4.90 Å². The Hall–Kier alpha value is -1.39. The Morgan fingerprint density at radius 2 is 1.87 bits per heavy atom. The predicted octanol–water partition coefficient (Wildman–Crippen LogP) is 3.09. The normalized spacial score (nSPS) is 24.9. The fourth-order valence-corrected chi connectivity index (χ4v) is 3.61. The lowest BCUT2D eigenvalue weighted by Crippen LogP contribution is -2.37. The molecule has 1 fully saturated rings. The number of aliphatic carboxylic acids is 1. The van der Waals surface area contributed by atoms with Gasteiger partial charge >= 0.3 is 5.97 Å². The van der Waals surface area contributed by atoms with Crippen molar-refractivity contribution in [3.8, 4) is 0 Å². The van der Waals surface area contributed by atoms with Crippen molar-refractivity contribution in [2.45, 2.75) is 69.6 Å². The zero-order chi connectivity index (χ0) is 16.7. The Kier molecular flexibility index (Phi) is 7.06. The molecule has 0 amide bonds. The van der Waals surface area contributed by atoms with Crippen molar-refractivity contribution in [3.05, 3.63) is 35.9 Å². The molecule has 1 aliphatic rings. The van der Waals surface area contributed by atoms with Gasteiger partial charge in [-0.05, 0) is 38.3 Å². The number of aliphatic hydroxyl groups is 1. The molecule has 1 aromatic rings. The molecule has 1 aromatic carbocycles. The molecule has 0 aromatic heterocycles. The molecule has 0 bridgehead atoms. The molecule has 128 valence electrons. The summed E-state index contributed by atoms with van der Waals surface area (Å²) in [6.45, 7) is 0. The minimum atomic E-state index is -0.701. The highest BCUT2D eigenvalue weighted by molar-refractivity contribution is 5.66. The molecular weight excluding hydrogens is 290 g/mol. The van der Waals surface area contributed by atoms with Crippen LogP contribution >= 0.6 is 0 Å².